The third kappa shape index (κ3) is 5.28. The summed E-state index contributed by atoms with van der Waals surface area (Å²) in [6, 6.07) is 8.21. The van der Waals surface area contributed by atoms with Gasteiger partial charge in [-0.2, -0.15) is 0 Å². The summed E-state index contributed by atoms with van der Waals surface area (Å²) in [4.78, 5) is 27.7. The van der Waals surface area contributed by atoms with Crippen LogP contribution in [-0.4, -0.2) is 65.4 Å². The number of hydrogen-bond acceptors (Lipinski definition) is 8. The van der Waals surface area contributed by atoms with E-state index in [1.54, 1.807) is 38.4 Å². The average Bonchev–Trinajstić information content (AvgIpc) is 3.47. The van der Waals surface area contributed by atoms with E-state index in [1.165, 1.54) is 6.07 Å². The number of hydrazine groups is 1. The second kappa shape index (κ2) is 11.8. The fourth-order valence-corrected chi connectivity index (χ4v) is 6.91. The van der Waals surface area contributed by atoms with E-state index in [9.17, 15) is 9.59 Å². The van der Waals surface area contributed by atoms with Crippen molar-refractivity contribution in [3.63, 3.8) is 0 Å². The number of nitrogens with zero attached hydrogens (tertiary/aromatic N) is 4. The molecule has 1 saturated carbocycles. The first-order valence-electron chi connectivity index (χ1n) is 14.7. The number of rotatable bonds is 7. The van der Waals surface area contributed by atoms with E-state index < -0.39 is 11.7 Å². The molecule has 2 amide bonds. The Balaban J connectivity index is 1.23. The van der Waals surface area contributed by atoms with Crippen molar-refractivity contribution in [1.82, 2.24) is 30.5 Å². The Morgan fingerprint density at radius 1 is 1.05 bits per heavy atom. The number of benzene rings is 2. The molecule has 0 radical (unpaired) electrons. The topological polar surface area (TPSA) is 120 Å². The highest BCUT2D eigenvalue weighted by atomic mass is 19.1. The van der Waals surface area contributed by atoms with Crippen LogP contribution < -0.4 is 25.1 Å². The summed E-state index contributed by atoms with van der Waals surface area (Å²) in [6.07, 6.45) is 4.61. The maximum Gasteiger partial charge on any atom is 0.257 e. The summed E-state index contributed by atoms with van der Waals surface area (Å²) < 4.78 is 33.6. The summed E-state index contributed by atoms with van der Waals surface area (Å²) in [5.74, 6) is 1.99. The molecule has 12 heteroatoms. The zero-order valence-electron chi connectivity index (χ0n) is 24.9. The fourth-order valence-electron chi connectivity index (χ4n) is 6.91. The predicted molar refractivity (Wildman–Crippen MR) is 155 cm³/mol. The number of amides is 2. The van der Waals surface area contributed by atoms with E-state index in [0.29, 0.717) is 41.9 Å². The van der Waals surface area contributed by atoms with Gasteiger partial charge < -0.3 is 23.7 Å². The Morgan fingerprint density at radius 3 is 2.51 bits per heavy atom. The smallest absolute Gasteiger partial charge is 0.257 e. The zero-order chi connectivity index (χ0) is 30.2. The highest BCUT2D eigenvalue weighted by molar-refractivity contribution is 5.94. The van der Waals surface area contributed by atoms with Crippen molar-refractivity contribution in [2.24, 2.45) is 11.8 Å². The van der Waals surface area contributed by atoms with E-state index in [1.807, 2.05) is 23.6 Å². The van der Waals surface area contributed by atoms with Gasteiger partial charge in [0.2, 0.25) is 11.7 Å². The molecule has 4 unspecified atom stereocenters. The number of fused-ring (bicyclic) bond motifs is 2. The molecule has 3 aromatic rings. The fraction of sp³-hybridized carbons (Fsp3) is 0.484. The lowest BCUT2D eigenvalue weighted by atomic mass is 9.72. The van der Waals surface area contributed by atoms with Crippen molar-refractivity contribution in [2.45, 2.75) is 57.7 Å². The van der Waals surface area contributed by atoms with Crippen LogP contribution in [-0.2, 0) is 17.8 Å². The summed E-state index contributed by atoms with van der Waals surface area (Å²) in [7, 11) is 4.65. The second-order valence-electron chi connectivity index (χ2n) is 11.6. The van der Waals surface area contributed by atoms with Gasteiger partial charge in [0, 0.05) is 24.1 Å². The highest BCUT2D eigenvalue weighted by Crippen LogP contribution is 2.42. The van der Waals surface area contributed by atoms with Crippen molar-refractivity contribution in [2.75, 3.05) is 27.9 Å². The minimum Gasteiger partial charge on any atom is -0.493 e. The Bertz CT molecular complexity index is 1520. The number of ether oxygens (including phenoxy) is 3. The van der Waals surface area contributed by atoms with Gasteiger partial charge in [0.1, 0.15) is 5.82 Å². The number of nitrogens with one attached hydrogen (secondary N) is 2. The molecule has 2 aliphatic heterocycles. The monoisotopic (exact) mass is 592 g/mol. The normalized spacial score (nSPS) is 23.2. The van der Waals surface area contributed by atoms with Gasteiger partial charge >= 0.3 is 0 Å². The number of hydrogen-bond donors (Lipinski definition) is 2. The molecular formula is C31H37FN6O5. The lowest BCUT2D eigenvalue weighted by molar-refractivity contribution is -0.133. The van der Waals surface area contributed by atoms with Gasteiger partial charge in [-0.15, -0.1) is 10.2 Å². The minimum absolute atomic E-state index is 0.00119. The molecule has 2 N–H and O–H groups in total. The van der Waals surface area contributed by atoms with E-state index in [0.717, 1.165) is 36.8 Å². The van der Waals surface area contributed by atoms with Crippen LogP contribution in [0.5, 0.6) is 17.2 Å². The molecule has 3 aliphatic rings. The van der Waals surface area contributed by atoms with E-state index in [2.05, 4.69) is 21.0 Å². The van der Waals surface area contributed by atoms with Crippen LogP contribution in [0, 0.1) is 17.7 Å². The standard InChI is InChI=1S/C31H37FN6O5/c1-17-15-37(16-27-34-35-29(38(17)27)19-13-25(41-2)28(43-4)26(14-19)42-3)31(40)22-11-18(9-10-23(22)32)12-24-20-7-5-6-8-21(20)30(39)36-33-24/h9-11,13-14,17,20-21,24,33H,5-8,12,15-16H2,1-4H3,(H,36,39). The molecular weight excluding hydrogens is 555 g/mol. The molecule has 3 heterocycles. The molecule has 228 valence electrons. The van der Waals surface area contributed by atoms with Gasteiger partial charge in [0.15, 0.2) is 23.1 Å². The lowest BCUT2D eigenvalue weighted by Crippen LogP contribution is -2.60. The largest absolute Gasteiger partial charge is 0.493 e. The Labute approximate surface area is 249 Å². The summed E-state index contributed by atoms with van der Waals surface area (Å²) in [5.41, 5.74) is 7.60. The van der Waals surface area contributed by atoms with Gasteiger partial charge in [-0.05, 0) is 61.9 Å². The van der Waals surface area contributed by atoms with Gasteiger partial charge in [0.05, 0.1) is 39.5 Å². The molecule has 11 nitrogen and oxygen atoms in total. The summed E-state index contributed by atoms with van der Waals surface area (Å²) in [6.45, 7) is 2.51. The van der Waals surface area contributed by atoms with Gasteiger partial charge in [-0.3, -0.25) is 15.0 Å². The molecule has 2 fully saturated rings. The van der Waals surface area contributed by atoms with Gasteiger partial charge in [-0.1, -0.05) is 18.9 Å². The molecule has 2 aromatic carbocycles. The number of carbonyl (C=O) groups is 2. The van der Waals surface area contributed by atoms with Gasteiger partial charge in [0.25, 0.3) is 5.91 Å². The molecule has 1 aliphatic carbocycles. The molecule has 1 aromatic heterocycles. The second-order valence-corrected chi connectivity index (χ2v) is 11.6. The Kier molecular flexibility index (Phi) is 7.95. The van der Waals surface area contributed by atoms with Crippen LogP contribution in [0.4, 0.5) is 4.39 Å². The molecule has 0 bridgehead atoms. The van der Waals surface area contributed by atoms with E-state index in [-0.39, 0.29) is 41.9 Å². The van der Waals surface area contributed by atoms with Crippen molar-refractivity contribution in [3.05, 3.63) is 53.1 Å². The van der Waals surface area contributed by atoms with Gasteiger partial charge in [-0.25, -0.2) is 9.82 Å². The molecule has 43 heavy (non-hydrogen) atoms. The van der Waals surface area contributed by atoms with Crippen molar-refractivity contribution in [1.29, 1.82) is 0 Å². The Hall–Kier alpha value is -4.19. The molecule has 4 atom stereocenters. The first-order chi connectivity index (χ1) is 20.8. The maximum atomic E-state index is 15.1. The average molecular weight is 593 g/mol. The summed E-state index contributed by atoms with van der Waals surface area (Å²) in [5, 5.41) is 8.83. The van der Waals surface area contributed by atoms with E-state index in [4.69, 9.17) is 14.2 Å². The first kappa shape index (κ1) is 28.9. The third-order valence-corrected chi connectivity index (χ3v) is 9.00. The van der Waals surface area contributed by atoms with Crippen LogP contribution in [0.3, 0.4) is 0 Å². The first-order valence-corrected chi connectivity index (χ1v) is 14.7. The van der Waals surface area contributed by atoms with Crippen LogP contribution in [0.25, 0.3) is 11.4 Å². The zero-order valence-corrected chi connectivity index (χ0v) is 24.9. The van der Waals surface area contributed by atoms with Crippen molar-refractivity contribution in [3.8, 4) is 28.6 Å². The predicted octanol–water partition coefficient (Wildman–Crippen LogP) is 3.68. The molecule has 1 saturated heterocycles. The van der Waals surface area contributed by atoms with Crippen molar-refractivity contribution >= 4 is 11.8 Å². The summed E-state index contributed by atoms with van der Waals surface area (Å²) >= 11 is 0. The molecule has 0 spiro atoms. The number of carbonyl (C=O) groups excluding carboxylic acids is 2. The van der Waals surface area contributed by atoms with Crippen LogP contribution in [0.2, 0.25) is 0 Å². The maximum absolute atomic E-state index is 15.1. The van der Waals surface area contributed by atoms with Crippen LogP contribution in [0.15, 0.2) is 30.3 Å². The van der Waals surface area contributed by atoms with E-state index >= 15 is 4.39 Å². The minimum atomic E-state index is -0.563. The highest BCUT2D eigenvalue weighted by Gasteiger charge is 2.40. The van der Waals surface area contributed by atoms with Crippen LogP contribution in [0.1, 0.15) is 60.4 Å². The number of aromatic nitrogens is 3. The van der Waals surface area contributed by atoms with Crippen LogP contribution >= 0.6 is 0 Å². The van der Waals surface area contributed by atoms with Crippen molar-refractivity contribution < 1.29 is 28.2 Å². The number of halogens is 1. The Morgan fingerprint density at radius 2 is 1.79 bits per heavy atom. The number of methoxy groups -OCH3 is 3. The molecule has 6 rings (SSSR count). The lowest BCUT2D eigenvalue weighted by Gasteiger charge is -2.41. The SMILES string of the molecule is COc1cc(-c2nnc3n2C(C)CN(C(=O)c2cc(CC4NNC(=O)C5CCCCC45)ccc2F)C3)cc(OC)c1OC. The third-order valence-electron chi connectivity index (χ3n) is 9.00. The quantitative estimate of drug-likeness (QED) is 0.427.